The molecule has 6 nitrogen and oxygen atoms in total. The monoisotopic (exact) mass is 377 g/mol. The Morgan fingerprint density at radius 1 is 1.25 bits per heavy atom. The minimum atomic E-state index is -0.390. The van der Waals surface area contributed by atoms with Gasteiger partial charge in [-0.1, -0.05) is 26.0 Å². The van der Waals surface area contributed by atoms with Crippen LogP contribution in [0.15, 0.2) is 36.8 Å². The van der Waals surface area contributed by atoms with Crippen LogP contribution in [0.25, 0.3) is 0 Å². The molecule has 2 heterocycles. The van der Waals surface area contributed by atoms with Gasteiger partial charge in [-0.25, -0.2) is 4.98 Å². The molecule has 146 valence electrons. The van der Waals surface area contributed by atoms with Crippen molar-refractivity contribution in [1.82, 2.24) is 19.8 Å². The van der Waals surface area contributed by atoms with Crippen molar-refractivity contribution in [2.75, 3.05) is 26.2 Å². The van der Waals surface area contributed by atoms with Crippen LogP contribution < -0.4 is 0 Å². The SMILES string of the molecule is CC1(C)CC1C(=O)N1CCN(C(C)(c2ccc(C#N)cc2)c2cnc[nH]2)CC1. The number of benzene rings is 1. The molecule has 1 saturated carbocycles. The van der Waals surface area contributed by atoms with Crippen LogP contribution in [-0.2, 0) is 10.3 Å². The molecule has 0 spiro atoms. The van der Waals surface area contributed by atoms with E-state index < -0.39 is 5.54 Å². The van der Waals surface area contributed by atoms with Gasteiger partial charge in [0.15, 0.2) is 0 Å². The molecular formula is C22H27N5O. The summed E-state index contributed by atoms with van der Waals surface area (Å²) in [6.07, 6.45) is 4.57. The zero-order valence-electron chi connectivity index (χ0n) is 16.8. The van der Waals surface area contributed by atoms with Gasteiger partial charge < -0.3 is 9.88 Å². The lowest BCUT2D eigenvalue weighted by molar-refractivity contribution is -0.135. The highest BCUT2D eigenvalue weighted by Crippen LogP contribution is 2.52. The Hall–Kier alpha value is -2.65. The summed E-state index contributed by atoms with van der Waals surface area (Å²) in [5, 5.41) is 9.12. The summed E-state index contributed by atoms with van der Waals surface area (Å²) in [5.41, 5.74) is 2.55. The summed E-state index contributed by atoms with van der Waals surface area (Å²) >= 11 is 0. The van der Waals surface area contributed by atoms with Gasteiger partial charge in [-0.3, -0.25) is 9.69 Å². The highest BCUT2D eigenvalue weighted by molar-refractivity contribution is 5.82. The molecule has 1 saturated heterocycles. The number of nitrogens with zero attached hydrogens (tertiary/aromatic N) is 4. The number of imidazole rings is 1. The first-order chi connectivity index (χ1) is 13.4. The number of rotatable bonds is 4. The summed E-state index contributed by atoms with van der Waals surface area (Å²) in [6, 6.07) is 9.94. The third-order valence-corrected chi connectivity index (χ3v) is 6.63. The molecular weight excluding hydrogens is 350 g/mol. The first kappa shape index (κ1) is 18.7. The minimum absolute atomic E-state index is 0.168. The number of H-pyrrole nitrogens is 1. The maximum atomic E-state index is 12.8. The molecule has 2 aromatic rings. The molecule has 1 N–H and O–H groups in total. The van der Waals surface area contributed by atoms with Crippen molar-refractivity contribution in [3.8, 4) is 6.07 Å². The van der Waals surface area contributed by atoms with Gasteiger partial charge in [0, 0.05) is 32.1 Å². The summed E-state index contributed by atoms with van der Waals surface area (Å²) in [6.45, 7) is 9.61. The van der Waals surface area contributed by atoms with Crippen LogP contribution in [0, 0.1) is 22.7 Å². The van der Waals surface area contributed by atoms with E-state index in [-0.39, 0.29) is 11.3 Å². The Bertz CT molecular complexity index is 888. The third-order valence-electron chi connectivity index (χ3n) is 6.63. The van der Waals surface area contributed by atoms with Crippen molar-refractivity contribution in [2.24, 2.45) is 11.3 Å². The second kappa shape index (κ2) is 6.75. The van der Waals surface area contributed by atoms with Gasteiger partial charge in [0.1, 0.15) is 0 Å². The largest absolute Gasteiger partial charge is 0.347 e. The Kier molecular flexibility index (Phi) is 4.51. The van der Waals surface area contributed by atoms with Crippen LogP contribution in [0.4, 0.5) is 0 Å². The Balaban J connectivity index is 1.55. The quantitative estimate of drug-likeness (QED) is 0.889. The van der Waals surface area contributed by atoms with E-state index in [2.05, 4.69) is 41.7 Å². The molecule has 2 atom stereocenters. The van der Waals surface area contributed by atoms with Crippen LogP contribution >= 0.6 is 0 Å². The number of carbonyl (C=O) groups is 1. The third kappa shape index (κ3) is 3.10. The molecule has 2 fully saturated rings. The van der Waals surface area contributed by atoms with E-state index in [1.165, 1.54) is 0 Å². The number of amides is 1. The molecule has 1 amide bonds. The van der Waals surface area contributed by atoms with E-state index in [1.54, 1.807) is 6.33 Å². The number of carbonyl (C=O) groups excluding carboxylic acids is 1. The zero-order valence-corrected chi connectivity index (χ0v) is 16.8. The fraction of sp³-hybridized carbons (Fsp3) is 0.500. The van der Waals surface area contributed by atoms with Crippen molar-refractivity contribution in [3.63, 3.8) is 0 Å². The second-order valence-electron chi connectivity index (χ2n) is 8.78. The smallest absolute Gasteiger partial charge is 0.226 e. The van der Waals surface area contributed by atoms with Crippen LogP contribution in [0.2, 0.25) is 0 Å². The van der Waals surface area contributed by atoms with E-state index in [9.17, 15) is 4.79 Å². The zero-order chi connectivity index (χ0) is 19.9. The van der Waals surface area contributed by atoms with Gasteiger partial charge in [0.2, 0.25) is 5.91 Å². The molecule has 0 bridgehead atoms. The van der Waals surface area contributed by atoms with Crippen LogP contribution in [0.5, 0.6) is 0 Å². The standard InChI is InChI=1S/C22H27N5O/c1-21(2)12-18(21)20(28)26-8-10-27(11-9-26)22(3,19-14-24-15-25-19)17-6-4-16(13-23)5-7-17/h4-7,14-15,18H,8-12H2,1-3H3,(H,24,25). The number of nitriles is 1. The summed E-state index contributed by atoms with van der Waals surface area (Å²) in [7, 11) is 0. The molecule has 28 heavy (non-hydrogen) atoms. The van der Waals surface area contributed by atoms with E-state index in [0.29, 0.717) is 11.5 Å². The van der Waals surface area contributed by atoms with Crippen LogP contribution in [-0.4, -0.2) is 51.9 Å². The molecule has 1 aromatic carbocycles. The molecule has 4 rings (SSSR count). The maximum Gasteiger partial charge on any atom is 0.226 e. The number of nitrogens with one attached hydrogen (secondary N) is 1. The van der Waals surface area contributed by atoms with Gasteiger partial charge in [-0.2, -0.15) is 5.26 Å². The molecule has 1 aliphatic heterocycles. The van der Waals surface area contributed by atoms with Gasteiger partial charge in [-0.15, -0.1) is 0 Å². The molecule has 6 heteroatoms. The first-order valence-corrected chi connectivity index (χ1v) is 9.89. The number of hydrogen-bond acceptors (Lipinski definition) is 4. The van der Waals surface area contributed by atoms with E-state index in [1.807, 2.05) is 35.4 Å². The normalized spacial score (nSPS) is 23.6. The highest BCUT2D eigenvalue weighted by Gasteiger charge is 2.52. The van der Waals surface area contributed by atoms with Gasteiger partial charge in [-0.05, 0) is 36.5 Å². The lowest BCUT2D eigenvalue weighted by atomic mass is 9.86. The Labute approximate surface area is 166 Å². The topological polar surface area (TPSA) is 76.0 Å². The molecule has 2 aliphatic rings. The number of aromatic nitrogens is 2. The summed E-state index contributed by atoms with van der Waals surface area (Å²) in [5.74, 6) is 0.503. The Morgan fingerprint density at radius 3 is 2.39 bits per heavy atom. The Morgan fingerprint density at radius 2 is 1.89 bits per heavy atom. The van der Waals surface area contributed by atoms with E-state index >= 15 is 0 Å². The fourth-order valence-electron chi connectivity index (χ4n) is 4.38. The minimum Gasteiger partial charge on any atom is -0.347 e. The lowest BCUT2D eigenvalue weighted by Crippen LogP contribution is -2.56. The first-order valence-electron chi connectivity index (χ1n) is 9.89. The van der Waals surface area contributed by atoms with E-state index in [0.717, 1.165) is 43.9 Å². The summed E-state index contributed by atoms with van der Waals surface area (Å²) < 4.78 is 0. The number of aromatic amines is 1. The molecule has 1 aliphatic carbocycles. The maximum absolute atomic E-state index is 12.8. The van der Waals surface area contributed by atoms with Crippen LogP contribution in [0.1, 0.15) is 44.0 Å². The predicted molar refractivity (Wildman–Crippen MR) is 106 cm³/mol. The average Bonchev–Trinajstić information content (AvgIpc) is 3.11. The van der Waals surface area contributed by atoms with Gasteiger partial charge in [0.05, 0.1) is 35.4 Å². The van der Waals surface area contributed by atoms with Gasteiger partial charge in [0.25, 0.3) is 0 Å². The van der Waals surface area contributed by atoms with Crippen molar-refractivity contribution >= 4 is 5.91 Å². The van der Waals surface area contributed by atoms with Crippen molar-refractivity contribution in [1.29, 1.82) is 5.26 Å². The lowest BCUT2D eigenvalue weighted by Gasteiger charge is -2.46. The highest BCUT2D eigenvalue weighted by atomic mass is 16.2. The van der Waals surface area contributed by atoms with Crippen molar-refractivity contribution in [2.45, 2.75) is 32.7 Å². The second-order valence-corrected chi connectivity index (χ2v) is 8.78. The summed E-state index contributed by atoms with van der Waals surface area (Å²) in [4.78, 5) is 24.7. The average molecular weight is 377 g/mol. The van der Waals surface area contributed by atoms with Gasteiger partial charge >= 0.3 is 0 Å². The van der Waals surface area contributed by atoms with Crippen molar-refractivity contribution in [3.05, 3.63) is 53.6 Å². The molecule has 0 radical (unpaired) electrons. The fourth-order valence-corrected chi connectivity index (χ4v) is 4.38. The molecule has 2 unspecified atom stereocenters. The number of piperazine rings is 1. The van der Waals surface area contributed by atoms with Crippen molar-refractivity contribution < 1.29 is 4.79 Å². The van der Waals surface area contributed by atoms with E-state index in [4.69, 9.17) is 5.26 Å². The predicted octanol–water partition coefficient (Wildman–Crippen LogP) is 2.74. The molecule has 1 aromatic heterocycles. The van der Waals surface area contributed by atoms with Crippen LogP contribution in [0.3, 0.4) is 0 Å². The number of hydrogen-bond donors (Lipinski definition) is 1.